The summed E-state index contributed by atoms with van der Waals surface area (Å²) in [6.07, 6.45) is 0. The minimum absolute atomic E-state index is 0.0493. The number of hydrogen-bond acceptors (Lipinski definition) is 4. The fraction of sp³-hybridized carbons (Fsp3) is 0.500. The van der Waals surface area contributed by atoms with Crippen molar-refractivity contribution >= 4 is 5.97 Å². The van der Waals surface area contributed by atoms with Gasteiger partial charge in [-0.05, 0) is 32.9 Å². The first-order chi connectivity index (χ1) is 8.92. The van der Waals surface area contributed by atoms with Gasteiger partial charge in [0.25, 0.3) is 0 Å². The topological polar surface area (TPSA) is 67.8 Å². The second-order valence-electron chi connectivity index (χ2n) is 4.61. The van der Waals surface area contributed by atoms with E-state index >= 15 is 0 Å². The molecule has 0 saturated carbocycles. The van der Waals surface area contributed by atoms with Gasteiger partial charge in [0.05, 0.1) is 14.2 Å². The lowest BCUT2D eigenvalue weighted by Crippen LogP contribution is -2.34. The quantitative estimate of drug-likeness (QED) is 0.826. The van der Waals surface area contributed by atoms with Crippen LogP contribution in [0.25, 0.3) is 0 Å². The van der Waals surface area contributed by atoms with Gasteiger partial charge in [-0.3, -0.25) is 10.1 Å². The molecular weight excluding hydrogens is 246 g/mol. The molecule has 0 aromatic heterocycles. The maximum atomic E-state index is 11.4. The number of ether oxygens (including phenoxy) is 2. The molecule has 1 aromatic carbocycles. The summed E-state index contributed by atoms with van der Waals surface area (Å²) in [5.74, 6) is 0.283. The molecule has 5 nitrogen and oxygen atoms in total. The van der Waals surface area contributed by atoms with Gasteiger partial charge in [-0.15, -0.1) is 0 Å². The molecule has 0 aliphatic carbocycles. The largest absolute Gasteiger partial charge is 0.496 e. The number of aliphatic carboxylic acids is 1. The molecular formula is C14H21NO4. The van der Waals surface area contributed by atoms with Crippen LogP contribution in [0.3, 0.4) is 0 Å². The summed E-state index contributed by atoms with van der Waals surface area (Å²) < 4.78 is 10.6. The summed E-state index contributed by atoms with van der Waals surface area (Å²) in [6, 6.07) is 2.72. The first-order valence-corrected chi connectivity index (χ1v) is 6.12. The number of hydrogen-bond donors (Lipinski definition) is 2. The van der Waals surface area contributed by atoms with Gasteiger partial charge < -0.3 is 14.6 Å². The first-order valence-electron chi connectivity index (χ1n) is 6.12. The summed E-state index contributed by atoms with van der Waals surface area (Å²) in [5.41, 5.74) is 1.39. The molecule has 1 aromatic rings. The second-order valence-corrected chi connectivity index (χ2v) is 4.61. The van der Waals surface area contributed by atoms with Crippen molar-refractivity contribution in [3.63, 3.8) is 0 Å². The SMILES string of the molecule is COc1ccc(C(NC(C)C)C(=O)O)c(OC)c1C. The van der Waals surface area contributed by atoms with Gasteiger partial charge in [-0.2, -0.15) is 0 Å². The average molecular weight is 267 g/mol. The van der Waals surface area contributed by atoms with E-state index in [-0.39, 0.29) is 6.04 Å². The number of benzene rings is 1. The number of methoxy groups -OCH3 is 2. The van der Waals surface area contributed by atoms with Gasteiger partial charge in [0.1, 0.15) is 17.5 Å². The normalized spacial score (nSPS) is 12.3. The third kappa shape index (κ3) is 3.38. The lowest BCUT2D eigenvalue weighted by molar-refractivity contribution is -0.139. The fourth-order valence-corrected chi connectivity index (χ4v) is 2.04. The fourth-order valence-electron chi connectivity index (χ4n) is 2.04. The van der Waals surface area contributed by atoms with Crippen molar-refractivity contribution < 1.29 is 19.4 Å². The molecule has 0 heterocycles. The number of rotatable bonds is 6. The zero-order valence-corrected chi connectivity index (χ0v) is 12.0. The Bertz CT molecular complexity index is 457. The van der Waals surface area contributed by atoms with E-state index in [0.29, 0.717) is 17.1 Å². The predicted molar refractivity (Wildman–Crippen MR) is 72.9 cm³/mol. The maximum Gasteiger partial charge on any atom is 0.325 e. The Morgan fingerprint density at radius 1 is 1.26 bits per heavy atom. The number of carbonyl (C=O) groups is 1. The summed E-state index contributed by atoms with van der Waals surface area (Å²) in [4.78, 5) is 11.4. The molecule has 0 spiro atoms. The highest BCUT2D eigenvalue weighted by Crippen LogP contribution is 2.35. The molecule has 1 unspecified atom stereocenters. The first kappa shape index (κ1) is 15.3. The van der Waals surface area contributed by atoms with Crippen LogP contribution < -0.4 is 14.8 Å². The smallest absolute Gasteiger partial charge is 0.325 e. The van der Waals surface area contributed by atoms with Gasteiger partial charge in [-0.1, -0.05) is 0 Å². The minimum atomic E-state index is -0.934. The number of carboxylic acids is 1. The van der Waals surface area contributed by atoms with Crippen LogP contribution in [0.5, 0.6) is 11.5 Å². The van der Waals surface area contributed by atoms with Crippen molar-refractivity contribution in [1.29, 1.82) is 0 Å². The molecule has 106 valence electrons. The molecule has 5 heteroatoms. The molecule has 2 N–H and O–H groups in total. The standard InChI is InChI=1S/C14H21NO4/c1-8(2)15-12(14(16)17)10-6-7-11(18-4)9(3)13(10)19-5/h6-8,12,15H,1-5H3,(H,16,17). The van der Waals surface area contributed by atoms with Crippen LogP contribution in [0.4, 0.5) is 0 Å². The molecule has 0 aliphatic rings. The molecule has 19 heavy (non-hydrogen) atoms. The Labute approximate surface area is 113 Å². The number of nitrogens with one attached hydrogen (secondary N) is 1. The van der Waals surface area contributed by atoms with E-state index in [4.69, 9.17) is 9.47 Å². The maximum absolute atomic E-state index is 11.4. The van der Waals surface area contributed by atoms with E-state index in [1.165, 1.54) is 7.11 Å². The lowest BCUT2D eigenvalue weighted by Gasteiger charge is -2.22. The Kier molecular flexibility index (Phi) is 5.18. The Hall–Kier alpha value is -1.75. The average Bonchev–Trinajstić information content (AvgIpc) is 2.35. The van der Waals surface area contributed by atoms with Gasteiger partial charge >= 0.3 is 5.97 Å². The molecule has 0 radical (unpaired) electrons. The molecule has 0 saturated heterocycles. The van der Waals surface area contributed by atoms with Crippen LogP contribution in [-0.4, -0.2) is 31.3 Å². The van der Waals surface area contributed by atoms with Crippen molar-refractivity contribution in [2.24, 2.45) is 0 Å². The van der Waals surface area contributed by atoms with E-state index in [9.17, 15) is 9.90 Å². The zero-order valence-electron chi connectivity index (χ0n) is 12.0. The van der Waals surface area contributed by atoms with Crippen LogP contribution in [0.15, 0.2) is 12.1 Å². The monoisotopic (exact) mass is 267 g/mol. The highest BCUT2D eigenvalue weighted by molar-refractivity contribution is 5.77. The van der Waals surface area contributed by atoms with Crippen molar-refractivity contribution in [2.45, 2.75) is 32.9 Å². The second kappa shape index (κ2) is 6.43. The van der Waals surface area contributed by atoms with E-state index < -0.39 is 12.0 Å². The van der Waals surface area contributed by atoms with Crippen LogP contribution >= 0.6 is 0 Å². The van der Waals surface area contributed by atoms with Crippen LogP contribution in [0.1, 0.15) is 31.0 Å². The number of carboxylic acid groups (broad SMARTS) is 1. The third-order valence-corrected chi connectivity index (χ3v) is 2.87. The molecule has 1 atom stereocenters. The molecule has 0 bridgehead atoms. The van der Waals surface area contributed by atoms with Gasteiger partial charge in [0, 0.05) is 17.2 Å². The van der Waals surface area contributed by atoms with E-state index in [0.717, 1.165) is 5.56 Å². The lowest BCUT2D eigenvalue weighted by atomic mass is 10.0. The van der Waals surface area contributed by atoms with Crippen LogP contribution in [-0.2, 0) is 4.79 Å². The minimum Gasteiger partial charge on any atom is -0.496 e. The Morgan fingerprint density at radius 3 is 2.32 bits per heavy atom. The van der Waals surface area contributed by atoms with E-state index in [1.54, 1.807) is 19.2 Å². The molecule has 1 rings (SSSR count). The highest BCUT2D eigenvalue weighted by atomic mass is 16.5. The van der Waals surface area contributed by atoms with E-state index in [2.05, 4.69) is 5.32 Å². The summed E-state index contributed by atoms with van der Waals surface area (Å²) >= 11 is 0. The van der Waals surface area contributed by atoms with Gasteiger partial charge in [0.2, 0.25) is 0 Å². The van der Waals surface area contributed by atoms with Crippen molar-refractivity contribution in [2.75, 3.05) is 14.2 Å². The zero-order chi connectivity index (χ0) is 14.6. The third-order valence-electron chi connectivity index (χ3n) is 2.87. The summed E-state index contributed by atoms with van der Waals surface area (Å²) in [7, 11) is 3.10. The van der Waals surface area contributed by atoms with E-state index in [1.807, 2.05) is 20.8 Å². The summed E-state index contributed by atoms with van der Waals surface area (Å²) in [5, 5.41) is 12.4. The van der Waals surface area contributed by atoms with Crippen molar-refractivity contribution in [1.82, 2.24) is 5.32 Å². The van der Waals surface area contributed by atoms with Crippen LogP contribution in [0, 0.1) is 6.92 Å². The van der Waals surface area contributed by atoms with Gasteiger partial charge in [0.15, 0.2) is 0 Å². The molecule has 0 aliphatic heterocycles. The van der Waals surface area contributed by atoms with Crippen molar-refractivity contribution in [3.05, 3.63) is 23.3 Å². The molecule has 0 fully saturated rings. The highest BCUT2D eigenvalue weighted by Gasteiger charge is 2.25. The van der Waals surface area contributed by atoms with Crippen molar-refractivity contribution in [3.8, 4) is 11.5 Å². The van der Waals surface area contributed by atoms with Gasteiger partial charge in [-0.25, -0.2) is 0 Å². The van der Waals surface area contributed by atoms with Crippen LogP contribution in [0.2, 0.25) is 0 Å². The Balaban J connectivity index is 3.30. The molecule has 0 amide bonds. The Morgan fingerprint density at radius 2 is 1.89 bits per heavy atom. The summed E-state index contributed by atoms with van der Waals surface area (Å²) in [6.45, 7) is 5.65. The predicted octanol–water partition coefficient (Wildman–Crippen LogP) is 2.14.